The summed E-state index contributed by atoms with van der Waals surface area (Å²) in [6, 6.07) is 0.975. The van der Waals surface area contributed by atoms with Crippen LogP contribution < -0.4 is 5.32 Å². The first-order valence-electron chi connectivity index (χ1n) is 4.67. The van der Waals surface area contributed by atoms with E-state index < -0.39 is 23.4 Å². The fourth-order valence-corrected chi connectivity index (χ4v) is 1.67. The third-order valence-corrected chi connectivity index (χ3v) is 2.66. The molecule has 1 N–H and O–H groups in total. The number of carbonyl (C=O) groups is 1. The van der Waals surface area contributed by atoms with E-state index >= 15 is 0 Å². The van der Waals surface area contributed by atoms with Gasteiger partial charge in [0, 0.05) is 0 Å². The number of nitrogens with one attached hydrogen (secondary N) is 1. The van der Waals surface area contributed by atoms with Gasteiger partial charge in [-0.2, -0.15) is 13.2 Å². The second-order valence-corrected chi connectivity index (χ2v) is 4.10. The minimum Gasteiger partial charge on any atom is -0.459 e. The van der Waals surface area contributed by atoms with Crippen LogP contribution in [0, 0.1) is 0 Å². The van der Waals surface area contributed by atoms with Gasteiger partial charge in [0.15, 0.2) is 0 Å². The number of alkyl halides is 3. The Balaban J connectivity index is 2.08. The second kappa shape index (κ2) is 4.77. The van der Waals surface area contributed by atoms with Gasteiger partial charge in [-0.15, -0.1) is 5.10 Å². The van der Waals surface area contributed by atoms with Crippen LogP contribution in [0.1, 0.15) is 21.0 Å². The summed E-state index contributed by atoms with van der Waals surface area (Å²) in [5.41, 5.74) is -0.542. The van der Waals surface area contributed by atoms with E-state index in [0.29, 0.717) is 4.88 Å². The smallest absolute Gasteiger partial charge is 0.450 e. The van der Waals surface area contributed by atoms with E-state index in [9.17, 15) is 18.0 Å². The van der Waals surface area contributed by atoms with Gasteiger partial charge < -0.3 is 9.73 Å². The Bertz CT molecular complexity index is 536. The summed E-state index contributed by atoms with van der Waals surface area (Å²) >= 11 is 1.05. The zero-order valence-corrected chi connectivity index (χ0v) is 9.51. The Morgan fingerprint density at radius 2 is 2.28 bits per heavy atom. The van der Waals surface area contributed by atoms with Crippen molar-refractivity contribution >= 4 is 17.4 Å². The first-order chi connectivity index (χ1) is 8.48. The van der Waals surface area contributed by atoms with Crippen molar-refractivity contribution in [1.29, 1.82) is 0 Å². The molecule has 0 unspecified atom stereocenters. The minimum absolute atomic E-state index is 0.0684. The Labute approximate surface area is 103 Å². The van der Waals surface area contributed by atoms with Gasteiger partial charge in [0.1, 0.15) is 0 Å². The average Bonchev–Trinajstić information content (AvgIpc) is 2.95. The Hall–Kier alpha value is -1.90. The summed E-state index contributed by atoms with van der Waals surface area (Å²) in [5, 5.41) is 5.87. The number of nitrogens with zero attached hydrogens (tertiary/aromatic N) is 2. The van der Waals surface area contributed by atoms with Gasteiger partial charge in [-0.3, -0.25) is 4.79 Å². The van der Waals surface area contributed by atoms with E-state index in [1.54, 1.807) is 0 Å². The van der Waals surface area contributed by atoms with Gasteiger partial charge in [-0.05, 0) is 17.6 Å². The third kappa shape index (κ3) is 2.67. The molecule has 18 heavy (non-hydrogen) atoms. The number of amides is 1. The average molecular weight is 277 g/mol. The van der Waals surface area contributed by atoms with Crippen LogP contribution in [0.25, 0.3) is 0 Å². The van der Waals surface area contributed by atoms with Gasteiger partial charge >= 0.3 is 6.18 Å². The van der Waals surface area contributed by atoms with Gasteiger partial charge in [-0.25, -0.2) is 0 Å². The molecule has 0 aliphatic rings. The van der Waals surface area contributed by atoms with Gasteiger partial charge in [0.25, 0.3) is 5.91 Å². The molecule has 1 amide bonds. The summed E-state index contributed by atoms with van der Waals surface area (Å²) in [6.45, 7) is 0.0684. The van der Waals surface area contributed by atoms with E-state index in [-0.39, 0.29) is 6.54 Å². The van der Waals surface area contributed by atoms with Crippen molar-refractivity contribution in [2.24, 2.45) is 0 Å². The van der Waals surface area contributed by atoms with Crippen LogP contribution >= 0.6 is 11.5 Å². The Morgan fingerprint density at radius 1 is 1.50 bits per heavy atom. The molecule has 0 radical (unpaired) electrons. The van der Waals surface area contributed by atoms with Crippen LogP contribution in [-0.2, 0) is 12.7 Å². The van der Waals surface area contributed by atoms with E-state index in [1.807, 2.05) is 0 Å². The number of halogens is 3. The number of rotatable bonds is 3. The maximum Gasteiger partial charge on any atom is 0.450 e. The molecule has 0 aliphatic carbocycles. The zero-order valence-electron chi connectivity index (χ0n) is 8.69. The van der Waals surface area contributed by atoms with Gasteiger partial charge in [0.05, 0.1) is 29.4 Å². The molecular weight excluding hydrogens is 271 g/mol. The standard InChI is InChI=1S/C9H6F3N3O2S/c10-9(11,12)7-6(1-2-17-7)8(16)13-3-5-4-14-15-18-5/h1-2,4H,3H2,(H,13,16). The molecule has 96 valence electrons. The topological polar surface area (TPSA) is 68.0 Å². The summed E-state index contributed by atoms with van der Waals surface area (Å²) in [5.74, 6) is -2.16. The first kappa shape index (κ1) is 12.6. The molecule has 0 spiro atoms. The molecule has 0 bridgehead atoms. The van der Waals surface area contributed by atoms with Gasteiger partial charge in [0.2, 0.25) is 5.76 Å². The molecule has 0 aliphatic heterocycles. The highest BCUT2D eigenvalue weighted by atomic mass is 32.1. The molecule has 5 nitrogen and oxygen atoms in total. The SMILES string of the molecule is O=C(NCc1cnns1)c1ccoc1C(F)(F)F. The van der Waals surface area contributed by atoms with E-state index in [0.717, 1.165) is 23.9 Å². The van der Waals surface area contributed by atoms with E-state index in [2.05, 4.69) is 19.3 Å². The quantitative estimate of drug-likeness (QED) is 0.932. The highest BCUT2D eigenvalue weighted by molar-refractivity contribution is 7.05. The number of furan rings is 1. The molecule has 0 saturated heterocycles. The summed E-state index contributed by atoms with van der Waals surface area (Å²) < 4.78 is 45.2. The van der Waals surface area contributed by atoms with Crippen molar-refractivity contribution in [3.8, 4) is 0 Å². The fourth-order valence-electron chi connectivity index (χ4n) is 1.24. The maximum atomic E-state index is 12.5. The molecule has 2 heterocycles. The largest absolute Gasteiger partial charge is 0.459 e. The monoisotopic (exact) mass is 277 g/mol. The third-order valence-electron chi connectivity index (χ3n) is 2.00. The molecule has 0 fully saturated rings. The highest BCUT2D eigenvalue weighted by Gasteiger charge is 2.39. The molecule has 0 aromatic carbocycles. The molecule has 0 atom stereocenters. The van der Waals surface area contributed by atoms with Gasteiger partial charge in [-0.1, -0.05) is 4.49 Å². The number of hydrogen-bond donors (Lipinski definition) is 1. The van der Waals surface area contributed by atoms with Crippen molar-refractivity contribution in [2.75, 3.05) is 0 Å². The molecular formula is C9H6F3N3O2S. The van der Waals surface area contributed by atoms with Crippen LogP contribution in [0.3, 0.4) is 0 Å². The van der Waals surface area contributed by atoms with Crippen molar-refractivity contribution in [2.45, 2.75) is 12.7 Å². The molecule has 2 rings (SSSR count). The fraction of sp³-hybridized carbons (Fsp3) is 0.222. The van der Waals surface area contributed by atoms with Crippen molar-refractivity contribution in [1.82, 2.24) is 14.9 Å². The Kier molecular flexibility index (Phi) is 3.32. The van der Waals surface area contributed by atoms with Crippen LogP contribution in [0.4, 0.5) is 13.2 Å². The van der Waals surface area contributed by atoms with Crippen molar-refractivity contribution in [3.05, 3.63) is 34.7 Å². The second-order valence-electron chi connectivity index (χ2n) is 3.23. The number of hydrogen-bond acceptors (Lipinski definition) is 5. The zero-order chi connectivity index (χ0) is 13.2. The summed E-state index contributed by atoms with van der Waals surface area (Å²) in [7, 11) is 0. The lowest BCUT2D eigenvalue weighted by Gasteiger charge is -2.06. The lowest BCUT2D eigenvalue weighted by atomic mass is 10.2. The lowest BCUT2D eigenvalue weighted by Crippen LogP contribution is -2.24. The van der Waals surface area contributed by atoms with E-state index in [4.69, 9.17) is 0 Å². The predicted molar refractivity (Wildman–Crippen MR) is 54.8 cm³/mol. The number of carbonyl (C=O) groups excluding carboxylic acids is 1. The molecule has 2 aromatic heterocycles. The summed E-state index contributed by atoms with van der Waals surface area (Å²) in [6.07, 6.45) is -2.45. The number of aromatic nitrogens is 2. The lowest BCUT2D eigenvalue weighted by molar-refractivity contribution is -0.153. The van der Waals surface area contributed by atoms with E-state index in [1.165, 1.54) is 6.20 Å². The first-order valence-corrected chi connectivity index (χ1v) is 5.45. The maximum absolute atomic E-state index is 12.5. The molecule has 0 saturated carbocycles. The van der Waals surface area contributed by atoms with Crippen molar-refractivity contribution in [3.63, 3.8) is 0 Å². The predicted octanol–water partition coefficient (Wildman–Crippen LogP) is 2.08. The van der Waals surface area contributed by atoms with Crippen LogP contribution in [0.15, 0.2) is 22.9 Å². The highest BCUT2D eigenvalue weighted by Crippen LogP contribution is 2.32. The minimum atomic E-state index is -4.69. The molecule has 9 heteroatoms. The van der Waals surface area contributed by atoms with Crippen LogP contribution in [0.5, 0.6) is 0 Å². The van der Waals surface area contributed by atoms with Crippen LogP contribution in [-0.4, -0.2) is 15.5 Å². The summed E-state index contributed by atoms with van der Waals surface area (Å²) in [4.78, 5) is 12.2. The Morgan fingerprint density at radius 3 is 2.89 bits per heavy atom. The van der Waals surface area contributed by atoms with Crippen molar-refractivity contribution < 1.29 is 22.4 Å². The molecule has 2 aromatic rings. The van der Waals surface area contributed by atoms with Crippen LogP contribution in [0.2, 0.25) is 0 Å². The normalized spacial score (nSPS) is 11.5.